The summed E-state index contributed by atoms with van der Waals surface area (Å²) in [6, 6.07) is 14.0. The number of hydrogen-bond donors (Lipinski definition) is 2. The molecule has 0 heterocycles. The van der Waals surface area contributed by atoms with Gasteiger partial charge in [-0.05, 0) is 48.2 Å². The van der Waals surface area contributed by atoms with E-state index in [2.05, 4.69) is 21.7 Å². The molecule has 2 aromatic rings. The van der Waals surface area contributed by atoms with Gasteiger partial charge in [0.1, 0.15) is 5.75 Å². The average Bonchev–Trinajstić information content (AvgIpc) is 2.73. The SMILES string of the molecule is CN=C(NCCCc1ccc(OC)c(OC)c1)NCc1ccc(OC)cc1.I. The molecule has 0 atom stereocenters. The van der Waals surface area contributed by atoms with Gasteiger partial charge in [-0.15, -0.1) is 24.0 Å². The molecule has 2 rings (SSSR count). The van der Waals surface area contributed by atoms with Crippen LogP contribution in [0.5, 0.6) is 17.2 Å². The Morgan fingerprint density at radius 3 is 2.14 bits per heavy atom. The first-order chi connectivity index (χ1) is 13.2. The van der Waals surface area contributed by atoms with E-state index in [1.807, 2.05) is 36.4 Å². The highest BCUT2D eigenvalue weighted by atomic mass is 127. The van der Waals surface area contributed by atoms with Gasteiger partial charge in [-0.2, -0.15) is 0 Å². The van der Waals surface area contributed by atoms with E-state index in [0.717, 1.165) is 42.6 Å². The second-order valence-corrected chi connectivity index (χ2v) is 5.99. The highest BCUT2D eigenvalue weighted by molar-refractivity contribution is 14.0. The Morgan fingerprint density at radius 2 is 1.54 bits per heavy atom. The van der Waals surface area contributed by atoms with E-state index >= 15 is 0 Å². The molecule has 0 unspecified atom stereocenters. The summed E-state index contributed by atoms with van der Waals surface area (Å²) in [7, 11) is 6.74. The Labute approximate surface area is 184 Å². The van der Waals surface area contributed by atoms with Gasteiger partial charge in [-0.25, -0.2) is 0 Å². The molecule has 28 heavy (non-hydrogen) atoms. The fourth-order valence-corrected chi connectivity index (χ4v) is 2.69. The minimum Gasteiger partial charge on any atom is -0.497 e. The summed E-state index contributed by atoms with van der Waals surface area (Å²) in [5, 5.41) is 6.66. The summed E-state index contributed by atoms with van der Waals surface area (Å²) < 4.78 is 15.8. The first-order valence-corrected chi connectivity index (χ1v) is 8.98. The van der Waals surface area contributed by atoms with Crippen LogP contribution in [0.25, 0.3) is 0 Å². The molecule has 0 bridgehead atoms. The zero-order valence-corrected chi connectivity index (χ0v) is 19.3. The van der Waals surface area contributed by atoms with E-state index in [0.29, 0.717) is 6.54 Å². The van der Waals surface area contributed by atoms with Crippen LogP contribution in [0.1, 0.15) is 17.5 Å². The monoisotopic (exact) mass is 499 g/mol. The number of nitrogens with one attached hydrogen (secondary N) is 2. The van der Waals surface area contributed by atoms with Crippen LogP contribution in [0.3, 0.4) is 0 Å². The summed E-state index contributed by atoms with van der Waals surface area (Å²) >= 11 is 0. The molecular weight excluding hydrogens is 469 g/mol. The molecule has 2 N–H and O–H groups in total. The zero-order chi connectivity index (χ0) is 19.5. The summed E-state index contributed by atoms with van der Waals surface area (Å²) in [6.07, 6.45) is 1.93. The highest BCUT2D eigenvalue weighted by Crippen LogP contribution is 2.27. The van der Waals surface area contributed by atoms with Crippen LogP contribution in [0.15, 0.2) is 47.5 Å². The minimum absolute atomic E-state index is 0. The molecule has 154 valence electrons. The van der Waals surface area contributed by atoms with Crippen molar-refractivity contribution < 1.29 is 14.2 Å². The maximum Gasteiger partial charge on any atom is 0.191 e. The predicted molar refractivity (Wildman–Crippen MR) is 124 cm³/mol. The maximum absolute atomic E-state index is 5.35. The van der Waals surface area contributed by atoms with E-state index < -0.39 is 0 Å². The van der Waals surface area contributed by atoms with E-state index in [9.17, 15) is 0 Å². The third-order valence-electron chi connectivity index (χ3n) is 4.23. The van der Waals surface area contributed by atoms with Gasteiger partial charge in [0.15, 0.2) is 17.5 Å². The molecule has 6 nitrogen and oxygen atoms in total. The molecule has 0 spiro atoms. The second-order valence-electron chi connectivity index (χ2n) is 5.99. The number of ether oxygens (including phenoxy) is 3. The third kappa shape index (κ3) is 7.46. The van der Waals surface area contributed by atoms with Crippen LogP contribution < -0.4 is 24.8 Å². The van der Waals surface area contributed by atoms with Crippen LogP contribution in [-0.2, 0) is 13.0 Å². The Kier molecular flexibility index (Phi) is 11.2. The number of hydrogen-bond acceptors (Lipinski definition) is 4. The maximum atomic E-state index is 5.35. The summed E-state index contributed by atoms with van der Waals surface area (Å²) in [4.78, 5) is 4.26. The van der Waals surface area contributed by atoms with Gasteiger partial charge < -0.3 is 24.8 Å². The molecule has 0 fully saturated rings. The van der Waals surface area contributed by atoms with Crippen LogP contribution in [0.2, 0.25) is 0 Å². The predicted octanol–water partition coefficient (Wildman–Crippen LogP) is 3.63. The molecule has 0 aliphatic rings. The Balaban J connectivity index is 0.00000392. The van der Waals surface area contributed by atoms with E-state index in [1.165, 1.54) is 11.1 Å². The van der Waals surface area contributed by atoms with Crippen molar-refractivity contribution in [3.05, 3.63) is 53.6 Å². The Hall–Kier alpha value is -2.16. The van der Waals surface area contributed by atoms with Crippen LogP contribution in [0, 0.1) is 0 Å². The van der Waals surface area contributed by atoms with E-state index in [1.54, 1.807) is 28.4 Å². The largest absolute Gasteiger partial charge is 0.497 e. The van der Waals surface area contributed by atoms with Crippen molar-refractivity contribution in [2.24, 2.45) is 4.99 Å². The van der Waals surface area contributed by atoms with Gasteiger partial charge in [0.05, 0.1) is 21.3 Å². The van der Waals surface area contributed by atoms with Crippen LogP contribution in [-0.4, -0.2) is 40.9 Å². The smallest absolute Gasteiger partial charge is 0.191 e. The average molecular weight is 499 g/mol. The van der Waals surface area contributed by atoms with Gasteiger partial charge in [0.25, 0.3) is 0 Å². The van der Waals surface area contributed by atoms with Gasteiger partial charge in [-0.1, -0.05) is 18.2 Å². The summed E-state index contributed by atoms with van der Waals surface area (Å²) in [5.74, 6) is 3.16. The Morgan fingerprint density at radius 1 is 0.857 bits per heavy atom. The van der Waals surface area contributed by atoms with Crippen LogP contribution in [0.4, 0.5) is 0 Å². The zero-order valence-electron chi connectivity index (χ0n) is 17.0. The summed E-state index contributed by atoms with van der Waals surface area (Å²) in [5.41, 5.74) is 2.39. The lowest BCUT2D eigenvalue weighted by atomic mass is 10.1. The van der Waals surface area contributed by atoms with E-state index in [-0.39, 0.29) is 24.0 Å². The van der Waals surface area contributed by atoms with Gasteiger partial charge in [-0.3, -0.25) is 4.99 Å². The summed E-state index contributed by atoms with van der Waals surface area (Å²) in [6.45, 7) is 1.54. The van der Waals surface area contributed by atoms with Crippen LogP contribution >= 0.6 is 24.0 Å². The lowest BCUT2D eigenvalue weighted by Gasteiger charge is -2.13. The first kappa shape index (κ1) is 23.9. The fourth-order valence-electron chi connectivity index (χ4n) is 2.69. The number of rotatable bonds is 9. The first-order valence-electron chi connectivity index (χ1n) is 8.98. The molecule has 0 saturated carbocycles. The molecule has 0 aromatic heterocycles. The molecule has 0 saturated heterocycles. The van der Waals surface area contributed by atoms with Gasteiger partial charge >= 0.3 is 0 Å². The number of nitrogens with zero attached hydrogens (tertiary/aromatic N) is 1. The quantitative estimate of drug-likeness (QED) is 0.239. The molecule has 0 aliphatic heterocycles. The van der Waals surface area contributed by atoms with Crippen molar-refractivity contribution in [1.82, 2.24) is 10.6 Å². The molecule has 0 aliphatic carbocycles. The van der Waals surface area contributed by atoms with Crippen molar-refractivity contribution in [1.29, 1.82) is 0 Å². The van der Waals surface area contributed by atoms with Crippen molar-refractivity contribution in [3.63, 3.8) is 0 Å². The number of halogens is 1. The molecular formula is C21H30IN3O3. The van der Waals surface area contributed by atoms with Crippen molar-refractivity contribution >= 4 is 29.9 Å². The molecule has 0 radical (unpaired) electrons. The number of methoxy groups -OCH3 is 3. The molecule has 0 amide bonds. The second kappa shape index (κ2) is 13.1. The van der Waals surface area contributed by atoms with Crippen molar-refractivity contribution in [2.75, 3.05) is 34.9 Å². The third-order valence-corrected chi connectivity index (χ3v) is 4.23. The lowest BCUT2D eigenvalue weighted by molar-refractivity contribution is 0.354. The van der Waals surface area contributed by atoms with Gasteiger partial charge in [0, 0.05) is 20.1 Å². The van der Waals surface area contributed by atoms with Gasteiger partial charge in [0.2, 0.25) is 0 Å². The van der Waals surface area contributed by atoms with Crippen molar-refractivity contribution in [3.8, 4) is 17.2 Å². The fraction of sp³-hybridized carbons (Fsp3) is 0.381. The molecule has 2 aromatic carbocycles. The van der Waals surface area contributed by atoms with Crippen molar-refractivity contribution in [2.45, 2.75) is 19.4 Å². The normalized spacial score (nSPS) is 10.6. The highest BCUT2D eigenvalue weighted by Gasteiger charge is 2.05. The van der Waals surface area contributed by atoms with E-state index in [4.69, 9.17) is 14.2 Å². The standard InChI is InChI=1S/C21H29N3O3.HI/c1-22-21(24-15-17-7-10-18(25-2)11-8-17)23-13-5-6-16-9-12-19(26-3)20(14-16)27-4;/h7-12,14H,5-6,13,15H2,1-4H3,(H2,22,23,24);1H. The lowest BCUT2D eigenvalue weighted by Crippen LogP contribution is -2.37. The molecule has 7 heteroatoms. The minimum atomic E-state index is 0. The number of aryl methyl sites for hydroxylation is 1. The number of benzene rings is 2. The number of guanidine groups is 1. The number of aliphatic imine (C=N–C) groups is 1. The topological polar surface area (TPSA) is 64.1 Å². The Bertz CT molecular complexity index is 736.